The van der Waals surface area contributed by atoms with Gasteiger partial charge in [-0.15, -0.1) is 22.7 Å². The zero-order valence-electron chi connectivity index (χ0n) is 24.2. The summed E-state index contributed by atoms with van der Waals surface area (Å²) in [6.45, 7) is 0. The lowest BCUT2D eigenvalue weighted by Gasteiger charge is -2.26. The largest absolute Gasteiger partial charge is 0.310 e. The van der Waals surface area contributed by atoms with Gasteiger partial charge in [0.15, 0.2) is 0 Å². The quantitative estimate of drug-likeness (QED) is 0.193. The number of anilines is 3. The molecule has 2 nitrogen and oxygen atoms in total. The van der Waals surface area contributed by atoms with Crippen molar-refractivity contribution in [1.82, 2.24) is 4.98 Å². The monoisotopic (exact) mass is 610 g/mol. The van der Waals surface area contributed by atoms with E-state index < -0.39 is 0 Å². The molecule has 0 saturated heterocycles. The van der Waals surface area contributed by atoms with Gasteiger partial charge in [0.1, 0.15) is 5.01 Å². The van der Waals surface area contributed by atoms with Crippen molar-refractivity contribution in [2.45, 2.75) is 0 Å². The van der Waals surface area contributed by atoms with Crippen LogP contribution < -0.4 is 4.90 Å². The predicted octanol–water partition coefficient (Wildman–Crippen LogP) is 12.6. The van der Waals surface area contributed by atoms with Crippen molar-refractivity contribution < 1.29 is 0 Å². The Hall–Kier alpha value is -5.29. The Morgan fingerprint density at radius 2 is 1.11 bits per heavy atom. The van der Waals surface area contributed by atoms with Crippen LogP contribution in [0.25, 0.3) is 62.9 Å². The molecular formula is C41H26N2S2. The van der Waals surface area contributed by atoms with Gasteiger partial charge in [-0.3, -0.25) is 0 Å². The summed E-state index contributed by atoms with van der Waals surface area (Å²) in [6, 6.07) is 56.6. The molecular weight excluding hydrogens is 585 g/mol. The highest BCUT2D eigenvalue weighted by atomic mass is 32.1. The first-order valence-electron chi connectivity index (χ1n) is 15.0. The number of rotatable bonds is 5. The van der Waals surface area contributed by atoms with Gasteiger partial charge in [0.2, 0.25) is 0 Å². The molecule has 0 aliphatic heterocycles. The molecule has 0 spiro atoms. The number of aromatic nitrogens is 1. The average Bonchev–Trinajstić information content (AvgIpc) is 3.71. The zero-order chi connectivity index (χ0) is 29.7. The third-order valence-corrected chi connectivity index (χ3v) is 10.7. The molecule has 0 amide bonds. The van der Waals surface area contributed by atoms with E-state index in [4.69, 9.17) is 4.98 Å². The summed E-state index contributed by atoms with van der Waals surface area (Å²) >= 11 is 3.65. The van der Waals surface area contributed by atoms with E-state index in [0.29, 0.717) is 0 Å². The number of benzene rings is 7. The number of thiophene rings is 1. The zero-order valence-corrected chi connectivity index (χ0v) is 25.9. The van der Waals surface area contributed by atoms with Gasteiger partial charge in [-0.2, -0.15) is 0 Å². The number of hydrogen-bond acceptors (Lipinski definition) is 4. The molecule has 0 atom stereocenters. The fourth-order valence-corrected chi connectivity index (χ4v) is 8.56. The lowest BCUT2D eigenvalue weighted by molar-refractivity contribution is 1.29. The molecule has 9 rings (SSSR count). The van der Waals surface area contributed by atoms with Crippen LogP contribution >= 0.6 is 22.7 Å². The molecule has 9 aromatic rings. The Bertz CT molecular complexity index is 2480. The Kier molecular flexibility index (Phi) is 6.22. The molecule has 212 valence electrons. The Labute approximate surface area is 269 Å². The summed E-state index contributed by atoms with van der Waals surface area (Å²) in [5.74, 6) is 0. The van der Waals surface area contributed by atoms with E-state index in [1.807, 2.05) is 11.3 Å². The van der Waals surface area contributed by atoms with Crippen molar-refractivity contribution in [3.05, 3.63) is 158 Å². The Morgan fingerprint density at radius 1 is 0.444 bits per heavy atom. The first-order chi connectivity index (χ1) is 22.3. The fraction of sp³-hybridized carbons (Fsp3) is 0. The molecule has 0 aliphatic carbocycles. The Balaban J connectivity index is 1.13. The van der Waals surface area contributed by atoms with Gasteiger partial charge < -0.3 is 4.90 Å². The van der Waals surface area contributed by atoms with Gasteiger partial charge in [-0.05, 0) is 82.6 Å². The summed E-state index contributed by atoms with van der Waals surface area (Å²) in [5, 5.41) is 6.16. The van der Waals surface area contributed by atoms with Gasteiger partial charge in [0.05, 0.1) is 10.2 Å². The smallest absolute Gasteiger partial charge is 0.124 e. The molecule has 2 aromatic heterocycles. The molecule has 0 unspecified atom stereocenters. The predicted molar refractivity (Wildman–Crippen MR) is 196 cm³/mol. The Morgan fingerprint density at radius 3 is 1.93 bits per heavy atom. The SMILES string of the molecule is c1ccc(-c2nc3ccc4sc5ccc(-c6ccc(N(c7ccccc7)c7ccc8ccccc8c7)cc6)cc5c4c3s2)cc1. The van der Waals surface area contributed by atoms with Crippen LogP contribution in [0.1, 0.15) is 0 Å². The summed E-state index contributed by atoms with van der Waals surface area (Å²) in [4.78, 5) is 7.34. The highest BCUT2D eigenvalue weighted by Gasteiger charge is 2.16. The minimum Gasteiger partial charge on any atom is -0.310 e. The first kappa shape index (κ1) is 26.1. The minimum absolute atomic E-state index is 1.07. The van der Waals surface area contributed by atoms with Gasteiger partial charge in [-0.25, -0.2) is 4.98 Å². The molecule has 0 saturated carbocycles. The van der Waals surface area contributed by atoms with E-state index in [2.05, 4.69) is 163 Å². The molecule has 0 fully saturated rings. The van der Waals surface area contributed by atoms with Gasteiger partial charge in [0, 0.05) is 42.8 Å². The standard InChI is InChI=1S/C41H26N2S2/c1-3-10-29(11-4-1)41-42-36-22-24-38-39(40(36)45-41)35-26-31(18-23-37(35)44-38)28-15-19-33(20-16-28)43(32-13-5-2-6-14-32)34-21-17-27-9-7-8-12-30(27)25-34/h1-26H. The lowest BCUT2D eigenvalue weighted by Crippen LogP contribution is -2.09. The van der Waals surface area contributed by atoms with Crippen molar-refractivity contribution in [3.8, 4) is 21.7 Å². The van der Waals surface area contributed by atoms with Crippen molar-refractivity contribution in [3.63, 3.8) is 0 Å². The van der Waals surface area contributed by atoms with Crippen LogP contribution in [0.15, 0.2) is 158 Å². The highest BCUT2D eigenvalue weighted by Crippen LogP contribution is 2.44. The number of para-hydroxylation sites is 1. The summed E-state index contributed by atoms with van der Waals surface area (Å²) in [7, 11) is 0. The maximum Gasteiger partial charge on any atom is 0.124 e. The van der Waals surface area contributed by atoms with E-state index >= 15 is 0 Å². The third kappa shape index (κ3) is 4.58. The van der Waals surface area contributed by atoms with Gasteiger partial charge >= 0.3 is 0 Å². The number of hydrogen-bond donors (Lipinski definition) is 0. The summed E-state index contributed by atoms with van der Waals surface area (Å²) in [5.41, 5.74) is 8.05. The molecule has 2 heterocycles. The molecule has 0 aliphatic rings. The van der Waals surface area contributed by atoms with E-state index in [1.54, 1.807) is 11.3 Å². The van der Waals surface area contributed by atoms with E-state index in [-0.39, 0.29) is 0 Å². The number of thiazole rings is 1. The molecule has 45 heavy (non-hydrogen) atoms. The second kappa shape index (κ2) is 10.7. The summed E-state index contributed by atoms with van der Waals surface area (Å²) < 4.78 is 3.88. The van der Waals surface area contributed by atoms with Crippen molar-refractivity contribution in [1.29, 1.82) is 0 Å². The molecule has 4 heteroatoms. The normalized spacial score (nSPS) is 11.6. The molecule has 7 aromatic carbocycles. The van der Waals surface area contributed by atoms with Crippen LogP contribution in [0.3, 0.4) is 0 Å². The van der Waals surface area contributed by atoms with Crippen molar-refractivity contribution in [2.24, 2.45) is 0 Å². The third-order valence-electron chi connectivity index (χ3n) is 8.47. The fourth-order valence-electron chi connectivity index (χ4n) is 6.27. The molecule has 0 radical (unpaired) electrons. The van der Waals surface area contributed by atoms with Crippen LogP contribution in [0.2, 0.25) is 0 Å². The number of nitrogens with zero attached hydrogens (tertiary/aromatic N) is 2. The van der Waals surface area contributed by atoms with E-state index in [1.165, 1.54) is 52.3 Å². The van der Waals surface area contributed by atoms with Crippen LogP contribution in [0.5, 0.6) is 0 Å². The van der Waals surface area contributed by atoms with Crippen molar-refractivity contribution >= 4 is 80.9 Å². The maximum atomic E-state index is 5.01. The minimum atomic E-state index is 1.07. The lowest BCUT2D eigenvalue weighted by atomic mass is 10.0. The maximum absolute atomic E-state index is 5.01. The van der Waals surface area contributed by atoms with E-state index in [9.17, 15) is 0 Å². The van der Waals surface area contributed by atoms with Crippen molar-refractivity contribution in [2.75, 3.05) is 4.90 Å². The highest BCUT2D eigenvalue weighted by molar-refractivity contribution is 7.28. The molecule has 0 bridgehead atoms. The molecule has 0 N–H and O–H groups in total. The van der Waals surface area contributed by atoms with Crippen LogP contribution in [-0.4, -0.2) is 4.98 Å². The van der Waals surface area contributed by atoms with Crippen LogP contribution in [-0.2, 0) is 0 Å². The van der Waals surface area contributed by atoms with Crippen LogP contribution in [0, 0.1) is 0 Å². The second-order valence-corrected chi connectivity index (χ2v) is 13.3. The van der Waals surface area contributed by atoms with Gasteiger partial charge in [0.25, 0.3) is 0 Å². The van der Waals surface area contributed by atoms with E-state index in [0.717, 1.165) is 27.6 Å². The first-order valence-corrected chi connectivity index (χ1v) is 16.7. The second-order valence-electron chi connectivity index (χ2n) is 11.2. The average molecular weight is 611 g/mol. The van der Waals surface area contributed by atoms with Gasteiger partial charge in [-0.1, -0.05) is 97.1 Å². The summed E-state index contributed by atoms with van der Waals surface area (Å²) in [6.07, 6.45) is 0. The van der Waals surface area contributed by atoms with Crippen LogP contribution in [0.4, 0.5) is 17.1 Å². The number of fused-ring (bicyclic) bond motifs is 6. The topological polar surface area (TPSA) is 16.1 Å².